The summed E-state index contributed by atoms with van der Waals surface area (Å²) in [5.74, 6) is 2.20. The summed E-state index contributed by atoms with van der Waals surface area (Å²) in [6.07, 6.45) is 5.85. The molecule has 3 aliphatic rings. The van der Waals surface area contributed by atoms with Gasteiger partial charge in [0.15, 0.2) is 0 Å². The van der Waals surface area contributed by atoms with E-state index in [2.05, 4.69) is 20.4 Å². The molecule has 6 heteroatoms. The number of hydrogen-bond donors (Lipinski definition) is 1. The van der Waals surface area contributed by atoms with Gasteiger partial charge in [0.25, 0.3) is 0 Å². The van der Waals surface area contributed by atoms with Crippen molar-refractivity contribution in [1.29, 1.82) is 0 Å². The van der Waals surface area contributed by atoms with Crippen LogP contribution in [0.3, 0.4) is 0 Å². The summed E-state index contributed by atoms with van der Waals surface area (Å²) in [6.45, 7) is 5.12. The molecule has 0 aromatic carbocycles. The molecule has 0 aliphatic carbocycles. The van der Waals surface area contributed by atoms with Gasteiger partial charge in [-0.3, -0.25) is 4.90 Å². The molecular weight excluding hydrogens is 268 g/mol. The van der Waals surface area contributed by atoms with Gasteiger partial charge in [0, 0.05) is 19.0 Å². The van der Waals surface area contributed by atoms with Gasteiger partial charge in [-0.15, -0.1) is 0 Å². The van der Waals surface area contributed by atoms with Crippen LogP contribution in [0.5, 0.6) is 0 Å². The molecule has 2 atom stereocenters. The van der Waals surface area contributed by atoms with Crippen LogP contribution in [-0.2, 0) is 11.2 Å². The predicted molar refractivity (Wildman–Crippen MR) is 76.9 cm³/mol. The highest BCUT2D eigenvalue weighted by Gasteiger charge is 2.35. The average Bonchev–Trinajstić information content (AvgIpc) is 3.16. The lowest BCUT2D eigenvalue weighted by Crippen LogP contribution is -2.42. The van der Waals surface area contributed by atoms with Crippen molar-refractivity contribution in [3.05, 3.63) is 11.7 Å². The van der Waals surface area contributed by atoms with Crippen LogP contribution < -0.4 is 5.32 Å². The number of morpholine rings is 1. The van der Waals surface area contributed by atoms with Gasteiger partial charge < -0.3 is 14.6 Å². The Balaban J connectivity index is 1.37. The number of ether oxygens (including phenoxy) is 1. The molecule has 0 bridgehead atoms. The highest BCUT2D eigenvalue weighted by atomic mass is 16.5. The second-order valence-electron chi connectivity index (χ2n) is 6.56. The van der Waals surface area contributed by atoms with Crippen molar-refractivity contribution in [2.75, 3.05) is 32.8 Å². The predicted octanol–water partition coefficient (Wildman–Crippen LogP) is 1.15. The van der Waals surface area contributed by atoms with Crippen LogP contribution in [0.1, 0.15) is 43.5 Å². The van der Waals surface area contributed by atoms with Gasteiger partial charge in [0.1, 0.15) is 6.10 Å². The summed E-state index contributed by atoms with van der Waals surface area (Å²) in [5.41, 5.74) is 0. The summed E-state index contributed by atoms with van der Waals surface area (Å²) >= 11 is 0. The summed E-state index contributed by atoms with van der Waals surface area (Å²) in [5, 5.41) is 7.55. The Morgan fingerprint density at radius 2 is 2.14 bits per heavy atom. The Morgan fingerprint density at radius 3 is 3.05 bits per heavy atom. The van der Waals surface area contributed by atoms with Crippen LogP contribution in [0, 0.1) is 5.92 Å². The van der Waals surface area contributed by atoms with E-state index in [-0.39, 0.29) is 6.10 Å². The number of fused-ring (bicyclic) bond motifs is 1. The van der Waals surface area contributed by atoms with Crippen LogP contribution >= 0.6 is 0 Å². The summed E-state index contributed by atoms with van der Waals surface area (Å²) in [4.78, 5) is 7.10. The minimum atomic E-state index is -0.00938. The molecule has 1 aromatic heterocycles. The maximum Gasteiger partial charge on any atom is 0.227 e. The largest absolute Gasteiger partial charge is 0.367 e. The molecule has 6 nitrogen and oxygen atoms in total. The molecule has 3 fully saturated rings. The number of rotatable bonds is 3. The second-order valence-corrected chi connectivity index (χ2v) is 6.56. The van der Waals surface area contributed by atoms with Gasteiger partial charge in [0.2, 0.25) is 11.7 Å². The summed E-state index contributed by atoms with van der Waals surface area (Å²) in [7, 11) is 0. The van der Waals surface area contributed by atoms with Crippen molar-refractivity contribution in [3.63, 3.8) is 0 Å². The molecule has 0 amide bonds. The van der Waals surface area contributed by atoms with E-state index in [1.165, 1.54) is 32.2 Å². The van der Waals surface area contributed by atoms with E-state index in [0.29, 0.717) is 12.0 Å². The third-order valence-electron chi connectivity index (χ3n) is 5.08. The van der Waals surface area contributed by atoms with E-state index in [4.69, 9.17) is 9.26 Å². The van der Waals surface area contributed by atoms with Crippen LogP contribution in [0.4, 0.5) is 0 Å². The van der Waals surface area contributed by atoms with E-state index in [1.54, 1.807) is 0 Å². The second kappa shape index (κ2) is 6.02. The van der Waals surface area contributed by atoms with E-state index < -0.39 is 0 Å². The molecule has 2 unspecified atom stereocenters. The maximum absolute atomic E-state index is 5.94. The number of aromatic nitrogens is 2. The van der Waals surface area contributed by atoms with Gasteiger partial charge in [-0.25, -0.2) is 0 Å². The van der Waals surface area contributed by atoms with Crippen LogP contribution in [-0.4, -0.2) is 53.9 Å². The fourth-order valence-corrected chi connectivity index (χ4v) is 3.79. The van der Waals surface area contributed by atoms with Crippen molar-refractivity contribution in [2.24, 2.45) is 5.92 Å². The van der Waals surface area contributed by atoms with E-state index in [0.717, 1.165) is 44.4 Å². The number of hydrogen-bond acceptors (Lipinski definition) is 6. The molecular formula is C15H24N4O2. The molecule has 0 saturated carbocycles. The molecule has 21 heavy (non-hydrogen) atoms. The molecule has 0 spiro atoms. The highest BCUT2D eigenvalue weighted by Crippen LogP contribution is 2.29. The molecule has 116 valence electrons. The smallest absolute Gasteiger partial charge is 0.227 e. The number of nitrogens with one attached hydrogen (secondary N) is 1. The maximum atomic E-state index is 5.94. The topological polar surface area (TPSA) is 63.4 Å². The van der Waals surface area contributed by atoms with Gasteiger partial charge >= 0.3 is 0 Å². The fraction of sp³-hybridized carbons (Fsp3) is 0.867. The first kappa shape index (κ1) is 13.7. The summed E-state index contributed by atoms with van der Waals surface area (Å²) in [6, 6.07) is 0.613. The Hall–Kier alpha value is -0.980. The van der Waals surface area contributed by atoms with Crippen molar-refractivity contribution < 1.29 is 9.26 Å². The fourth-order valence-electron chi connectivity index (χ4n) is 3.79. The van der Waals surface area contributed by atoms with Crippen molar-refractivity contribution in [1.82, 2.24) is 20.4 Å². The monoisotopic (exact) mass is 292 g/mol. The van der Waals surface area contributed by atoms with Crippen LogP contribution in [0.25, 0.3) is 0 Å². The van der Waals surface area contributed by atoms with Crippen LogP contribution in [0.2, 0.25) is 0 Å². The average molecular weight is 292 g/mol. The lowest BCUT2D eigenvalue weighted by molar-refractivity contribution is -0.0548. The molecule has 3 saturated heterocycles. The van der Waals surface area contributed by atoms with Gasteiger partial charge in [-0.2, -0.15) is 4.98 Å². The lowest BCUT2D eigenvalue weighted by atomic mass is 9.95. The van der Waals surface area contributed by atoms with Gasteiger partial charge in [-0.1, -0.05) is 5.16 Å². The quantitative estimate of drug-likeness (QED) is 0.901. The molecule has 0 radical (unpaired) electrons. The Kier molecular flexibility index (Phi) is 3.92. The van der Waals surface area contributed by atoms with Crippen molar-refractivity contribution in [3.8, 4) is 0 Å². The Morgan fingerprint density at radius 1 is 1.24 bits per heavy atom. The third-order valence-corrected chi connectivity index (χ3v) is 5.08. The zero-order valence-electron chi connectivity index (χ0n) is 12.5. The SMILES string of the molecule is C1CC2COC(c3noc(CC4CCNCC4)n3)CN2C1. The zero-order valence-corrected chi connectivity index (χ0v) is 12.5. The molecule has 1 aromatic rings. The first-order chi connectivity index (χ1) is 10.4. The molecule has 1 N–H and O–H groups in total. The number of piperidine rings is 1. The third kappa shape index (κ3) is 2.98. The molecule has 4 rings (SSSR count). The van der Waals surface area contributed by atoms with E-state index in [1.807, 2.05) is 0 Å². The molecule has 4 heterocycles. The highest BCUT2D eigenvalue weighted by molar-refractivity contribution is 4.97. The minimum absolute atomic E-state index is 0.00938. The Bertz CT molecular complexity index is 472. The van der Waals surface area contributed by atoms with E-state index >= 15 is 0 Å². The number of nitrogens with zero attached hydrogens (tertiary/aromatic N) is 3. The standard InChI is InChI=1S/C15H24N4O2/c1-2-12-10-20-13(9-19(12)7-1)15-17-14(21-18-15)8-11-3-5-16-6-4-11/h11-13,16H,1-10H2. The van der Waals surface area contributed by atoms with Gasteiger partial charge in [0.05, 0.1) is 6.61 Å². The first-order valence-corrected chi connectivity index (χ1v) is 8.27. The molecule has 3 aliphatic heterocycles. The van der Waals surface area contributed by atoms with Gasteiger partial charge in [-0.05, 0) is 51.2 Å². The first-order valence-electron chi connectivity index (χ1n) is 8.27. The minimum Gasteiger partial charge on any atom is -0.367 e. The van der Waals surface area contributed by atoms with E-state index in [9.17, 15) is 0 Å². The summed E-state index contributed by atoms with van der Waals surface area (Å²) < 4.78 is 11.4. The lowest BCUT2D eigenvalue weighted by Gasteiger charge is -2.33. The normalized spacial score (nSPS) is 31.4. The van der Waals surface area contributed by atoms with Crippen molar-refractivity contribution >= 4 is 0 Å². The van der Waals surface area contributed by atoms with Crippen LogP contribution in [0.15, 0.2) is 4.52 Å². The zero-order chi connectivity index (χ0) is 14.1. The Labute approximate surface area is 125 Å². The van der Waals surface area contributed by atoms with Crippen molar-refractivity contribution in [2.45, 2.75) is 44.2 Å².